The largest absolute Gasteiger partial charge is 0.497 e. The lowest BCUT2D eigenvalue weighted by Gasteiger charge is -2.21. The third-order valence-electron chi connectivity index (χ3n) is 5.22. The molecule has 176 valence electrons. The Labute approximate surface area is 197 Å². The molecule has 0 radical (unpaired) electrons. The molecule has 9 heteroatoms. The molecule has 0 amide bonds. The molecule has 1 aromatic heterocycles. The van der Waals surface area contributed by atoms with E-state index in [1.807, 2.05) is 0 Å². The molecule has 0 spiro atoms. The molecule has 0 aliphatic rings. The van der Waals surface area contributed by atoms with Crippen molar-refractivity contribution >= 4 is 10.0 Å². The Balaban J connectivity index is 1.68. The minimum absolute atomic E-state index is 0.0299. The van der Waals surface area contributed by atoms with E-state index in [1.54, 1.807) is 68.8 Å². The van der Waals surface area contributed by atoms with Crippen LogP contribution < -0.4 is 9.47 Å². The van der Waals surface area contributed by atoms with Crippen LogP contribution in [0, 0.1) is 5.82 Å². The number of nitrogens with zero attached hydrogens (tertiary/aromatic N) is 2. The molecule has 0 aliphatic carbocycles. The van der Waals surface area contributed by atoms with Gasteiger partial charge in [-0.15, -0.1) is 0 Å². The van der Waals surface area contributed by atoms with E-state index in [0.717, 1.165) is 0 Å². The summed E-state index contributed by atoms with van der Waals surface area (Å²) in [4.78, 5) is 0.148. The molecular weight excluding hydrogens is 459 g/mol. The van der Waals surface area contributed by atoms with Crippen molar-refractivity contribution in [2.45, 2.75) is 18.0 Å². The molecular formula is C25H23FN2O5S. The molecule has 4 aromatic rings. The van der Waals surface area contributed by atoms with Gasteiger partial charge < -0.3 is 14.0 Å². The first-order chi connectivity index (χ1) is 16.4. The minimum Gasteiger partial charge on any atom is -0.497 e. The topological polar surface area (TPSA) is 81.9 Å². The number of hydrogen-bond acceptors (Lipinski definition) is 6. The summed E-state index contributed by atoms with van der Waals surface area (Å²) in [5, 5.41) is 4.09. The van der Waals surface area contributed by atoms with Gasteiger partial charge in [-0.3, -0.25) is 0 Å². The summed E-state index contributed by atoms with van der Waals surface area (Å²) in [5.41, 5.74) is 1.66. The van der Waals surface area contributed by atoms with Crippen LogP contribution in [0.25, 0.3) is 11.3 Å². The summed E-state index contributed by atoms with van der Waals surface area (Å²) in [7, 11) is -0.777. The molecule has 0 bridgehead atoms. The first-order valence-corrected chi connectivity index (χ1v) is 11.8. The van der Waals surface area contributed by atoms with Gasteiger partial charge in [0.1, 0.15) is 17.3 Å². The summed E-state index contributed by atoms with van der Waals surface area (Å²) in [6.07, 6.45) is 0. The minimum atomic E-state index is -3.87. The lowest BCUT2D eigenvalue weighted by molar-refractivity contribution is 0.370. The second-order valence-electron chi connectivity index (χ2n) is 7.46. The van der Waals surface area contributed by atoms with Gasteiger partial charge in [0.15, 0.2) is 5.76 Å². The van der Waals surface area contributed by atoms with E-state index in [0.29, 0.717) is 34.1 Å². The van der Waals surface area contributed by atoms with E-state index >= 15 is 0 Å². The molecule has 0 atom stereocenters. The number of benzene rings is 3. The van der Waals surface area contributed by atoms with Gasteiger partial charge >= 0.3 is 0 Å². The molecule has 0 aliphatic heterocycles. The van der Waals surface area contributed by atoms with Crippen LogP contribution in [0.4, 0.5) is 4.39 Å². The monoisotopic (exact) mass is 482 g/mol. The summed E-state index contributed by atoms with van der Waals surface area (Å²) in [5.74, 6) is 1.18. The van der Waals surface area contributed by atoms with Gasteiger partial charge in [0.2, 0.25) is 10.0 Å². The maximum Gasteiger partial charge on any atom is 0.243 e. The third-order valence-corrected chi connectivity index (χ3v) is 7.03. The fraction of sp³-hybridized carbons (Fsp3) is 0.160. The molecule has 0 saturated carbocycles. The lowest BCUT2D eigenvalue weighted by atomic mass is 10.1. The molecule has 4 rings (SSSR count). The van der Waals surface area contributed by atoms with E-state index in [4.69, 9.17) is 14.0 Å². The second-order valence-corrected chi connectivity index (χ2v) is 9.40. The fourth-order valence-electron chi connectivity index (χ4n) is 3.46. The summed E-state index contributed by atoms with van der Waals surface area (Å²) >= 11 is 0. The highest BCUT2D eigenvalue weighted by atomic mass is 32.2. The van der Waals surface area contributed by atoms with Crippen molar-refractivity contribution in [2.24, 2.45) is 0 Å². The van der Waals surface area contributed by atoms with E-state index < -0.39 is 15.8 Å². The number of halogens is 1. The second kappa shape index (κ2) is 10.1. The van der Waals surface area contributed by atoms with Crippen molar-refractivity contribution in [2.75, 3.05) is 14.2 Å². The summed E-state index contributed by atoms with van der Waals surface area (Å²) in [6.45, 7) is -0.0213. The number of rotatable bonds is 9. The van der Waals surface area contributed by atoms with Crippen molar-refractivity contribution < 1.29 is 26.8 Å². The quantitative estimate of drug-likeness (QED) is 0.338. The Hall–Kier alpha value is -3.69. The zero-order valence-corrected chi connectivity index (χ0v) is 19.5. The molecule has 34 heavy (non-hydrogen) atoms. The fourth-order valence-corrected chi connectivity index (χ4v) is 4.88. The maximum atomic E-state index is 13.4. The van der Waals surface area contributed by atoms with Gasteiger partial charge in [0.05, 0.1) is 36.9 Å². The van der Waals surface area contributed by atoms with Crippen molar-refractivity contribution in [3.05, 3.63) is 95.9 Å². The number of methoxy groups -OCH3 is 2. The molecule has 7 nitrogen and oxygen atoms in total. The summed E-state index contributed by atoms with van der Waals surface area (Å²) in [6, 6.07) is 20.7. The van der Waals surface area contributed by atoms with Crippen LogP contribution in [0.15, 0.2) is 88.3 Å². The average molecular weight is 483 g/mol. The number of hydrogen-bond donors (Lipinski definition) is 0. The van der Waals surface area contributed by atoms with Crippen LogP contribution >= 0.6 is 0 Å². The van der Waals surface area contributed by atoms with Crippen LogP contribution in [0.5, 0.6) is 11.5 Å². The van der Waals surface area contributed by atoms with Crippen LogP contribution in [-0.2, 0) is 23.1 Å². The van der Waals surface area contributed by atoms with Crippen LogP contribution in [-0.4, -0.2) is 32.1 Å². The molecule has 0 fully saturated rings. The van der Waals surface area contributed by atoms with Gasteiger partial charge in [0.25, 0.3) is 0 Å². The predicted molar refractivity (Wildman–Crippen MR) is 124 cm³/mol. The Morgan fingerprint density at radius 1 is 0.912 bits per heavy atom. The van der Waals surface area contributed by atoms with Gasteiger partial charge in [-0.2, -0.15) is 4.31 Å². The Bertz CT molecular complexity index is 1360. The Kier molecular flexibility index (Phi) is 6.95. The van der Waals surface area contributed by atoms with Crippen molar-refractivity contribution in [3.8, 4) is 22.8 Å². The molecule has 3 aromatic carbocycles. The third kappa shape index (κ3) is 5.11. The average Bonchev–Trinajstić information content (AvgIpc) is 3.33. The Morgan fingerprint density at radius 2 is 1.65 bits per heavy atom. The highest BCUT2D eigenvalue weighted by Crippen LogP contribution is 2.34. The normalized spacial score (nSPS) is 11.5. The zero-order chi connectivity index (χ0) is 24.1. The molecule has 0 N–H and O–H groups in total. The number of sulfonamides is 1. The van der Waals surface area contributed by atoms with Crippen molar-refractivity contribution in [1.29, 1.82) is 0 Å². The van der Waals surface area contributed by atoms with Crippen molar-refractivity contribution in [3.63, 3.8) is 0 Å². The highest BCUT2D eigenvalue weighted by molar-refractivity contribution is 7.89. The number of aromatic nitrogens is 1. The summed E-state index contributed by atoms with van der Waals surface area (Å²) < 4.78 is 57.7. The predicted octanol–water partition coefficient (Wildman–Crippen LogP) is 4.89. The van der Waals surface area contributed by atoms with E-state index in [2.05, 4.69) is 5.16 Å². The van der Waals surface area contributed by atoms with E-state index in [-0.39, 0.29) is 18.0 Å². The maximum absolute atomic E-state index is 13.4. The van der Waals surface area contributed by atoms with Gasteiger partial charge in [-0.05, 0) is 48.0 Å². The Morgan fingerprint density at radius 3 is 2.32 bits per heavy atom. The van der Waals surface area contributed by atoms with Crippen molar-refractivity contribution in [1.82, 2.24) is 9.46 Å². The number of ether oxygens (including phenoxy) is 2. The SMILES string of the molecule is COc1ccc(OC)c(-c2cc(CN(Cc3ccc(F)cc3)S(=O)(=O)c3ccccc3)no2)c1. The first-order valence-electron chi connectivity index (χ1n) is 10.4. The standard InChI is InChI=1S/C25H23FN2O5S/c1-31-21-12-13-24(32-2)23(15-21)25-14-20(27-33-25)17-28(16-18-8-10-19(26)11-9-18)34(29,30)22-6-4-3-5-7-22/h3-15H,16-17H2,1-2H3. The molecule has 1 heterocycles. The van der Waals surface area contributed by atoms with Gasteiger partial charge in [-0.1, -0.05) is 35.5 Å². The zero-order valence-electron chi connectivity index (χ0n) is 18.6. The van der Waals surface area contributed by atoms with E-state index in [9.17, 15) is 12.8 Å². The van der Waals surface area contributed by atoms with E-state index in [1.165, 1.54) is 28.6 Å². The smallest absolute Gasteiger partial charge is 0.243 e. The van der Waals surface area contributed by atoms with Gasteiger partial charge in [0, 0.05) is 12.6 Å². The van der Waals surface area contributed by atoms with Crippen LogP contribution in [0.3, 0.4) is 0 Å². The molecule has 0 unspecified atom stereocenters. The van der Waals surface area contributed by atoms with Gasteiger partial charge in [-0.25, -0.2) is 12.8 Å². The molecule has 0 saturated heterocycles. The van der Waals surface area contributed by atoms with Crippen LogP contribution in [0.2, 0.25) is 0 Å². The lowest BCUT2D eigenvalue weighted by Crippen LogP contribution is -2.30. The highest BCUT2D eigenvalue weighted by Gasteiger charge is 2.26. The van der Waals surface area contributed by atoms with Crippen LogP contribution in [0.1, 0.15) is 11.3 Å². The first kappa shape index (κ1) is 23.5.